The van der Waals surface area contributed by atoms with Crippen molar-refractivity contribution in [2.24, 2.45) is 11.8 Å². The summed E-state index contributed by atoms with van der Waals surface area (Å²) in [6, 6.07) is 10.1. The molecule has 30 heavy (non-hydrogen) atoms. The third kappa shape index (κ3) is 3.63. The highest BCUT2D eigenvalue weighted by Crippen LogP contribution is 2.42. The number of hydrogen-bond acceptors (Lipinski definition) is 5. The second kappa shape index (κ2) is 7.75. The predicted molar refractivity (Wildman–Crippen MR) is 125 cm³/mol. The van der Waals surface area contributed by atoms with Crippen molar-refractivity contribution in [3.05, 3.63) is 51.5 Å². The van der Waals surface area contributed by atoms with Gasteiger partial charge in [0.15, 0.2) is 0 Å². The normalized spacial score (nSPS) is 20.3. The van der Waals surface area contributed by atoms with Crippen molar-refractivity contribution in [2.75, 3.05) is 30.3 Å². The number of rotatable bonds is 5. The number of pyridine rings is 1. The van der Waals surface area contributed by atoms with Gasteiger partial charge in [-0.1, -0.05) is 17.7 Å². The Kier molecular flexibility index (Phi) is 5.07. The van der Waals surface area contributed by atoms with Crippen LogP contribution in [0.25, 0.3) is 10.2 Å². The minimum atomic E-state index is -0.150. The van der Waals surface area contributed by atoms with Crippen LogP contribution in [-0.2, 0) is 6.42 Å². The summed E-state index contributed by atoms with van der Waals surface area (Å²) in [4.78, 5) is 20.9. The Morgan fingerprint density at radius 1 is 1.27 bits per heavy atom. The fourth-order valence-corrected chi connectivity index (χ4v) is 6.07. The van der Waals surface area contributed by atoms with Gasteiger partial charge < -0.3 is 16.0 Å². The van der Waals surface area contributed by atoms with Crippen molar-refractivity contribution in [3.63, 3.8) is 0 Å². The molecule has 4 heterocycles. The number of fused-ring (bicyclic) bond motifs is 3. The summed E-state index contributed by atoms with van der Waals surface area (Å²) >= 11 is 7.93. The van der Waals surface area contributed by atoms with Crippen LogP contribution in [0.5, 0.6) is 0 Å². The molecule has 0 spiro atoms. The summed E-state index contributed by atoms with van der Waals surface area (Å²) in [6.07, 6.45) is 3.48. The van der Waals surface area contributed by atoms with Gasteiger partial charge in [0.2, 0.25) is 0 Å². The van der Waals surface area contributed by atoms with Gasteiger partial charge in [0.1, 0.15) is 9.71 Å². The summed E-state index contributed by atoms with van der Waals surface area (Å²) < 4.78 is 0. The number of piperidine rings is 2. The molecule has 0 unspecified atom stereocenters. The molecule has 2 bridgehead atoms. The zero-order chi connectivity index (χ0) is 20.8. The van der Waals surface area contributed by atoms with E-state index in [1.165, 1.54) is 24.2 Å². The van der Waals surface area contributed by atoms with E-state index < -0.39 is 0 Å². The van der Waals surface area contributed by atoms with E-state index in [-0.39, 0.29) is 5.91 Å². The Bertz CT molecular complexity index is 1110. The first kappa shape index (κ1) is 19.6. The van der Waals surface area contributed by atoms with Crippen LogP contribution in [0.4, 0.5) is 11.4 Å². The first-order chi connectivity index (χ1) is 14.5. The van der Waals surface area contributed by atoms with E-state index in [0.29, 0.717) is 17.1 Å². The van der Waals surface area contributed by atoms with Crippen LogP contribution in [-0.4, -0.2) is 30.5 Å². The Hall–Kier alpha value is -2.31. The number of hydrogen-bond donors (Lipinski definition) is 2. The van der Waals surface area contributed by atoms with Crippen molar-refractivity contribution < 1.29 is 4.79 Å². The number of aromatic nitrogens is 1. The molecule has 2 aliphatic heterocycles. The molecule has 1 saturated carbocycles. The number of benzene rings is 1. The van der Waals surface area contributed by atoms with Crippen molar-refractivity contribution in [3.8, 4) is 0 Å². The molecule has 3 fully saturated rings. The molecule has 1 aromatic carbocycles. The predicted octanol–water partition coefficient (Wildman–Crippen LogP) is 4.66. The van der Waals surface area contributed by atoms with E-state index in [1.807, 2.05) is 25.1 Å². The number of carbonyl (C=O) groups is 1. The second-order valence-corrected chi connectivity index (χ2v) is 9.96. The van der Waals surface area contributed by atoms with Crippen LogP contribution in [0.3, 0.4) is 0 Å². The van der Waals surface area contributed by atoms with Gasteiger partial charge in [-0.3, -0.25) is 4.79 Å². The second-order valence-electron chi connectivity index (χ2n) is 8.55. The summed E-state index contributed by atoms with van der Waals surface area (Å²) in [7, 11) is 0. The smallest absolute Gasteiger partial charge is 0.263 e. The van der Waals surface area contributed by atoms with Gasteiger partial charge in [0, 0.05) is 30.7 Å². The van der Waals surface area contributed by atoms with Crippen LogP contribution in [0, 0.1) is 18.8 Å². The number of anilines is 2. The highest BCUT2D eigenvalue weighted by Gasteiger charge is 2.37. The molecule has 2 aromatic heterocycles. The first-order valence-electron chi connectivity index (χ1n) is 10.4. The Labute approximate surface area is 185 Å². The summed E-state index contributed by atoms with van der Waals surface area (Å²) in [5, 5.41) is 4.63. The Morgan fingerprint density at radius 2 is 2.03 bits per heavy atom. The molecular formula is C23H25ClN4OS. The van der Waals surface area contributed by atoms with Crippen molar-refractivity contribution in [1.29, 1.82) is 0 Å². The van der Waals surface area contributed by atoms with Crippen molar-refractivity contribution >= 4 is 50.4 Å². The number of thiophene rings is 1. The van der Waals surface area contributed by atoms with Crippen LogP contribution in [0.1, 0.15) is 33.8 Å². The monoisotopic (exact) mass is 440 g/mol. The maximum Gasteiger partial charge on any atom is 0.263 e. The lowest BCUT2D eigenvalue weighted by atomic mass is 9.71. The number of halogens is 1. The Morgan fingerprint density at radius 3 is 2.77 bits per heavy atom. The van der Waals surface area contributed by atoms with Gasteiger partial charge >= 0.3 is 0 Å². The highest BCUT2D eigenvalue weighted by atomic mass is 35.5. The summed E-state index contributed by atoms with van der Waals surface area (Å²) in [5.41, 5.74) is 9.86. The fourth-order valence-electron chi connectivity index (χ4n) is 4.69. The molecule has 156 valence electrons. The number of aryl methyl sites for hydroxylation is 1. The van der Waals surface area contributed by atoms with Gasteiger partial charge in [-0.15, -0.1) is 11.3 Å². The average Bonchev–Trinajstić information content (AvgIpc) is 3.03. The lowest BCUT2D eigenvalue weighted by Gasteiger charge is -2.48. The van der Waals surface area contributed by atoms with E-state index >= 15 is 0 Å². The van der Waals surface area contributed by atoms with Gasteiger partial charge in [0.25, 0.3) is 5.91 Å². The van der Waals surface area contributed by atoms with E-state index in [2.05, 4.69) is 27.3 Å². The molecule has 3 aliphatic rings. The van der Waals surface area contributed by atoms with Gasteiger partial charge in [-0.05, 0) is 67.9 Å². The lowest BCUT2D eigenvalue weighted by molar-refractivity contribution is 0.0959. The number of nitrogens with zero attached hydrogens (tertiary/aromatic N) is 2. The van der Waals surface area contributed by atoms with Crippen LogP contribution in [0.2, 0.25) is 5.02 Å². The molecule has 3 aromatic rings. The largest absolute Gasteiger partial charge is 0.397 e. The van der Waals surface area contributed by atoms with E-state index in [9.17, 15) is 4.79 Å². The number of carbonyl (C=O) groups excluding carboxylic acids is 1. The highest BCUT2D eigenvalue weighted by molar-refractivity contribution is 7.21. The van der Waals surface area contributed by atoms with E-state index in [0.717, 1.165) is 63.5 Å². The molecule has 1 aliphatic carbocycles. The number of nitrogens with two attached hydrogens (primary N) is 1. The molecular weight excluding hydrogens is 416 g/mol. The van der Waals surface area contributed by atoms with Gasteiger partial charge in [-0.2, -0.15) is 0 Å². The molecule has 0 radical (unpaired) electrons. The zero-order valence-corrected chi connectivity index (χ0v) is 18.5. The van der Waals surface area contributed by atoms with E-state index in [4.69, 9.17) is 17.3 Å². The maximum atomic E-state index is 12.6. The fraction of sp³-hybridized carbons (Fsp3) is 0.391. The molecule has 5 nitrogen and oxygen atoms in total. The summed E-state index contributed by atoms with van der Waals surface area (Å²) in [6.45, 7) is 4.70. The molecule has 2 saturated heterocycles. The van der Waals surface area contributed by atoms with Crippen LogP contribution >= 0.6 is 22.9 Å². The van der Waals surface area contributed by atoms with Gasteiger partial charge in [0.05, 0.1) is 16.4 Å². The molecule has 1 amide bonds. The summed E-state index contributed by atoms with van der Waals surface area (Å²) in [5.74, 6) is 1.54. The minimum absolute atomic E-state index is 0.150. The van der Waals surface area contributed by atoms with Crippen LogP contribution in [0.15, 0.2) is 30.3 Å². The van der Waals surface area contributed by atoms with Crippen LogP contribution < -0.4 is 16.0 Å². The quantitative estimate of drug-likeness (QED) is 0.605. The number of nitrogens with one attached hydrogen (secondary N) is 1. The van der Waals surface area contributed by atoms with Crippen molar-refractivity contribution in [1.82, 2.24) is 10.3 Å². The first-order valence-corrected chi connectivity index (χ1v) is 11.6. The number of amides is 1. The van der Waals surface area contributed by atoms with E-state index in [1.54, 1.807) is 0 Å². The third-order valence-corrected chi connectivity index (χ3v) is 7.70. The molecule has 3 N–H and O–H groups in total. The topological polar surface area (TPSA) is 71.2 Å². The SMILES string of the molecule is Cc1ccc2c(N)c(C(=O)NCCc3ccc(N4CC5CC(C5)C4)c(Cl)c3)sc2n1. The minimum Gasteiger partial charge on any atom is -0.397 e. The zero-order valence-electron chi connectivity index (χ0n) is 17.0. The Balaban J connectivity index is 1.21. The number of nitrogen functional groups attached to an aromatic ring is 1. The average molecular weight is 441 g/mol. The maximum absolute atomic E-state index is 12.6. The lowest BCUT2D eigenvalue weighted by Crippen LogP contribution is -2.48. The molecule has 7 heteroatoms. The molecule has 0 atom stereocenters. The standard InChI is InChI=1S/C23H25ClN4OS/c1-13-2-4-17-20(25)21(30-23(17)27-13)22(29)26-7-6-14-3-5-19(18(24)10-14)28-11-15-8-16(9-15)12-28/h2-5,10,15-16H,6-9,11-12,25H2,1H3,(H,26,29). The third-order valence-electron chi connectivity index (χ3n) is 6.28. The van der Waals surface area contributed by atoms with Crippen molar-refractivity contribution in [2.45, 2.75) is 26.2 Å². The van der Waals surface area contributed by atoms with Gasteiger partial charge in [-0.25, -0.2) is 4.98 Å². The molecule has 6 rings (SSSR count).